The molecule has 3 rings (SSSR count). The van der Waals surface area contributed by atoms with Crippen LogP contribution in [0, 0.1) is 5.92 Å². The van der Waals surface area contributed by atoms with Gasteiger partial charge in [0.15, 0.2) is 11.5 Å². The van der Waals surface area contributed by atoms with Crippen LogP contribution in [0.5, 0.6) is 17.2 Å². The number of aromatic amines is 1. The Hall–Kier alpha value is -3.48. The zero-order valence-corrected chi connectivity index (χ0v) is 18.6. The maximum absolute atomic E-state index is 12.9. The van der Waals surface area contributed by atoms with Crippen LogP contribution in [-0.2, 0) is 17.6 Å². The molecule has 164 valence electrons. The molecule has 7 heteroatoms. The van der Waals surface area contributed by atoms with E-state index in [1.807, 2.05) is 42.5 Å². The number of hydrogen-bond donors (Lipinski definition) is 2. The molecular formula is C24H29N3O4. The number of amides is 1. The number of anilines is 1. The molecule has 0 aliphatic carbocycles. The molecule has 0 saturated carbocycles. The van der Waals surface area contributed by atoms with E-state index in [1.165, 1.54) is 0 Å². The van der Waals surface area contributed by atoms with Crippen molar-refractivity contribution < 1.29 is 19.0 Å². The molecule has 31 heavy (non-hydrogen) atoms. The Labute approximate surface area is 182 Å². The molecule has 0 aliphatic rings. The lowest BCUT2D eigenvalue weighted by Crippen LogP contribution is -2.16. The van der Waals surface area contributed by atoms with E-state index in [-0.39, 0.29) is 12.3 Å². The van der Waals surface area contributed by atoms with Crippen LogP contribution in [0.2, 0.25) is 0 Å². The summed E-state index contributed by atoms with van der Waals surface area (Å²) in [6.07, 6.45) is 0.990. The van der Waals surface area contributed by atoms with Crippen molar-refractivity contribution in [2.75, 3.05) is 26.6 Å². The number of methoxy groups -OCH3 is 3. The minimum atomic E-state index is -0.124. The maximum Gasteiger partial charge on any atom is 0.228 e. The lowest BCUT2D eigenvalue weighted by molar-refractivity contribution is -0.115. The van der Waals surface area contributed by atoms with Crippen molar-refractivity contribution in [1.82, 2.24) is 10.2 Å². The summed E-state index contributed by atoms with van der Waals surface area (Å²) in [7, 11) is 4.79. The average molecular weight is 424 g/mol. The average Bonchev–Trinajstić information content (AvgIpc) is 3.14. The SMILES string of the molecule is COc1cccc(CC(=O)Nc2c(-c3ccc(OC)c(OC)c3)n[nH]c2CC(C)C)c1. The van der Waals surface area contributed by atoms with Crippen LogP contribution in [0.25, 0.3) is 11.3 Å². The Balaban J connectivity index is 1.92. The lowest BCUT2D eigenvalue weighted by Gasteiger charge is -2.12. The van der Waals surface area contributed by atoms with Crippen LogP contribution in [0.3, 0.4) is 0 Å². The molecule has 0 radical (unpaired) electrons. The summed E-state index contributed by atoms with van der Waals surface area (Å²) >= 11 is 0. The quantitative estimate of drug-likeness (QED) is 0.530. The van der Waals surface area contributed by atoms with Crippen LogP contribution in [0.1, 0.15) is 25.1 Å². The number of nitrogens with zero attached hydrogens (tertiary/aromatic N) is 1. The van der Waals surface area contributed by atoms with Crippen molar-refractivity contribution in [3.63, 3.8) is 0 Å². The number of carbonyl (C=O) groups is 1. The largest absolute Gasteiger partial charge is 0.497 e. The fourth-order valence-corrected chi connectivity index (χ4v) is 3.41. The number of rotatable bonds is 9. The minimum Gasteiger partial charge on any atom is -0.497 e. The van der Waals surface area contributed by atoms with Crippen molar-refractivity contribution in [3.05, 3.63) is 53.7 Å². The first-order chi connectivity index (χ1) is 14.9. The molecule has 0 saturated heterocycles. The van der Waals surface area contributed by atoms with E-state index >= 15 is 0 Å². The molecule has 2 N–H and O–H groups in total. The Kier molecular flexibility index (Phi) is 7.18. The van der Waals surface area contributed by atoms with Gasteiger partial charge in [-0.05, 0) is 48.2 Å². The third-order valence-electron chi connectivity index (χ3n) is 4.87. The smallest absolute Gasteiger partial charge is 0.228 e. The van der Waals surface area contributed by atoms with Gasteiger partial charge in [-0.2, -0.15) is 5.10 Å². The standard InChI is InChI=1S/C24H29N3O4/c1-15(2)11-19-24(25-22(28)13-16-7-6-8-18(12-16)29-3)23(27-26-19)17-9-10-20(30-4)21(14-17)31-5/h6-10,12,14-15H,11,13H2,1-5H3,(H,25,28)(H,26,27). The fourth-order valence-electron chi connectivity index (χ4n) is 3.41. The molecule has 0 unspecified atom stereocenters. The predicted molar refractivity (Wildman–Crippen MR) is 121 cm³/mol. The summed E-state index contributed by atoms with van der Waals surface area (Å²) in [5, 5.41) is 10.7. The van der Waals surface area contributed by atoms with E-state index in [1.54, 1.807) is 21.3 Å². The number of hydrogen-bond acceptors (Lipinski definition) is 5. The first kappa shape index (κ1) is 22.2. The second kappa shape index (κ2) is 10.0. The van der Waals surface area contributed by atoms with Crippen molar-refractivity contribution in [1.29, 1.82) is 0 Å². The number of aromatic nitrogens is 2. The molecule has 7 nitrogen and oxygen atoms in total. The molecule has 0 fully saturated rings. The van der Waals surface area contributed by atoms with Crippen molar-refractivity contribution in [3.8, 4) is 28.5 Å². The monoisotopic (exact) mass is 423 g/mol. The molecule has 3 aromatic rings. The van der Waals surface area contributed by atoms with Gasteiger partial charge in [-0.1, -0.05) is 26.0 Å². The number of H-pyrrole nitrogens is 1. The molecule has 0 atom stereocenters. The normalized spacial score (nSPS) is 10.8. The first-order valence-corrected chi connectivity index (χ1v) is 10.2. The Morgan fingerprint density at radius 3 is 2.48 bits per heavy atom. The zero-order chi connectivity index (χ0) is 22.4. The van der Waals surface area contributed by atoms with Crippen LogP contribution in [-0.4, -0.2) is 37.4 Å². The molecule has 0 spiro atoms. The summed E-state index contributed by atoms with van der Waals surface area (Å²) < 4.78 is 16.0. The van der Waals surface area contributed by atoms with E-state index in [0.717, 1.165) is 29.0 Å². The highest BCUT2D eigenvalue weighted by molar-refractivity contribution is 5.96. The highest BCUT2D eigenvalue weighted by Crippen LogP contribution is 2.36. The molecule has 0 aliphatic heterocycles. The van der Waals surface area contributed by atoms with E-state index in [2.05, 4.69) is 29.4 Å². The highest BCUT2D eigenvalue weighted by Gasteiger charge is 2.19. The van der Waals surface area contributed by atoms with Gasteiger partial charge in [0.25, 0.3) is 0 Å². The van der Waals surface area contributed by atoms with Crippen molar-refractivity contribution in [2.45, 2.75) is 26.7 Å². The molecule has 1 amide bonds. The molecule has 0 bridgehead atoms. The molecule has 1 aromatic heterocycles. The van der Waals surface area contributed by atoms with Gasteiger partial charge >= 0.3 is 0 Å². The van der Waals surface area contributed by atoms with Gasteiger partial charge in [0.2, 0.25) is 5.91 Å². The second-order valence-electron chi connectivity index (χ2n) is 7.67. The molecular weight excluding hydrogens is 394 g/mol. The summed E-state index contributed by atoms with van der Waals surface area (Å²) in [6.45, 7) is 4.25. The topological polar surface area (TPSA) is 85.5 Å². The van der Waals surface area contributed by atoms with E-state index < -0.39 is 0 Å². The van der Waals surface area contributed by atoms with Crippen LogP contribution < -0.4 is 19.5 Å². The van der Waals surface area contributed by atoms with Gasteiger partial charge in [0.05, 0.1) is 39.1 Å². The maximum atomic E-state index is 12.9. The summed E-state index contributed by atoms with van der Waals surface area (Å²) in [4.78, 5) is 12.9. The van der Waals surface area contributed by atoms with Crippen LogP contribution in [0.4, 0.5) is 5.69 Å². The zero-order valence-electron chi connectivity index (χ0n) is 18.6. The number of benzene rings is 2. The lowest BCUT2D eigenvalue weighted by atomic mass is 10.0. The molecule has 2 aromatic carbocycles. The first-order valence-electron chi connectivity index (χ1n) is 10.2. The minimum absolute atomic E-state index is 0.124. The number of nitrogens with one attached hydrogen (secondary N) is 2. The third-order valence-corrected chi connectivity index (χ3v) is 4.87. The van der Waals surface area contributed by atoms with E-state index in [9.17, 15) is 4.79 Å². The Bertz CT molecular complexity index is 1040. The summed E-state index contributed by atoms with van der Waals surface area (Å²) in [5.41, 5.74) is 3.93. The predicted octanol–water partition coefficient (Wildman–Crippen LogP) is 4.48. The van der Waals surface area contributed by atoms with Crippen LogP contribution >= 0.6 is 0 Å². The third kappa shape index (κ3) is 5.36. The van der Waals surface area contributed by atoms with Gasteiger partial charge in [0, 0.05) is 5.56 Å². The Morgan fingerprint density at radius 1 is 1.03 bits per heavy atom. The van der Waals surface area contributed by atoms with E-state index in [4.69, 9.17) is 14.2 Å². The molecule has 1 heterocycles. The van der Waals surface area contributed by atoms with Gasteiger partial charge in [-0.25, -0.2) is 0 Å². The fraction of sp³-hybridized carbons (Fsp3) is 0.333. The number of ether oxygens (including phenoxy) is 3. The highest BCUT2D eigenvalue weighted by atomic mass is 16.5. The van der Waals surface area contributed by atoms with Gasteiger partial charge < -0.3 is 19.5 Å². The summed E-state index contributed by atoms with van der Waals surface area (Å²) in [6, 6.07) is 13.1. The van der Waals surface area contributed by atoms with Gasteiger partial charge in [-0.3, -0.25) is 9.89 Å². The van der Waals surface area contributed by atoms with Crippen molar-refractivity contribution in [2.24, 2.45) is 5.92 Å². The van der Waals surface area contributed by atoms with Gasteiger partial charge in [-0.15, -0.1) is 0 Å². The van der Waals surface area contributed by atoms with Crippen LogP contribution in [0.15, 0.2) is 42.5 Å². The van der Waals surface area contributed by atoms with Crippen molar-refractivity contribution >= 4 is 11.6 Å². The second-order valence-corrected chi connectivity index (χ2v) is 7.67. The van der Waals surface area contributed by atoms with E-state index in [0.29, 0.717) is 28.8 Å². The van der Waals surface area contributed by atoms with Gasteiger partial charge in [0.1, 0.15) is 11.4 Å². The Morgan fingerprint density at radius 2 is 1.81 bits per heavy atom. The summed E-state index contributed by atoms with van der Waals surface area (Å²) in [5.74, 6) is 2.23. The number of carbonyl (C=O) groups excluding carboxylic acids is 1.